The molecule has 106 valence electrons. The zero-order valence-electron chi connectivity index (χ0n) is 11.6. The Morgan fingerprint density at radius 2 is 1.52 bits per heavy atom. The summed E-state index contributed by atoms with van der Waals surface area (Å²) in [6, 6.07) is 16.4. The molecule has 0 aliphatic rings. The third-order valence-electron chi connectivity index (χ3n) is 3.77. The highest BCUT2D eigenvalue weighted by Crippen LogP contribution is 2.27. The molecular formula is C18H17FN2. The average Bonchev–Trinajstić information content (AvgIpc) is 2.48. The number of halogens is 1. The molecule has 3 heteroatoms. The van der Waals surface area contributed by atoms with E-state index in [1.54, 1.807) is 0 Å². The van der Waals surface area contributed by atoms with E-state index < -0.39 is 0 Å². The van der Waals surface area contributed by atoms with Crippen LogP contribution in [0.1, 0.15) is 11.1 Å². The number of benzene rings is 3. The number of hydrogen-bond donors (Lipinski definition) is 2. The summed E-state index contributed by atoms with van der Waals surface area (Å²) in [6.07, 6.45) is 1.62. The number of hydrogen-bond acceptors (Lipinski definition) is 2. The fourth-order valence-corrected chi connectivity index (χ4v) is 2.62. The first kappa shape index (κ1) is 13.4. The van der Waals surface area contributed by atoms with Crippen LogP contribution in [-0.2, 0) is 12.8 Å². The first-order valence-corrected chi connectivity index (χ1v) is 6.94. The minimum absolute atomic E-state index is 0.212. The topological polar surface area (TPSA) is 52.0 Å². The maximum absolute atomic E-state index is 12.9. The van der Waals surface area contributed by atoms with E-state index in [-0.39, 0.29) is 5.82 Å². The number of nitrogen functional groups attached to an aromatic ring is 2. The smallest absolute Gasteiger partial charge is 0.123 e. The lowest BCUT2D eigenvalue weighted by molar-refractivity contribution is 0.627. The SMILES string of the molecule is Nc1ccc2ccc(N)c(CCc3ccc(F)cc3)c2c1. The molecule has 0 heterocycles. The van der Waals surface area contributed by atoms with E-state index in [1.165, 1.54) is 12.1 Å². The lowest BCUT2D eigenvalue weighted by Crippen LogP contribution is -1.99. The fraction of sp³-hybridized carbons (Fsp3) is 0.111. The number of rotatable bonds is 3. The van der Waals surface area contributed by atoms with Gasteiger partial charge in [0.25, 0.3) is 0 Å². The molecule has 3 aromatic rings. The largest absolute Gasteiger partial charge is 0.399 e. The summed E-state index contributed by atoms with van der Waals surface area (Å²) >= 11 is 0. The molecule has 0 aromatic heterocycles. The van der Waals surface area contributed by atoms with Crippen molar-refractivity contribution < 1.29 is 4.39 Å². The Balaban J connectivity index is 1.94. The quantitative estimate of drug-likeness (QED) is 0.714. The maximum Gasteiger partial charge on any atom is 0.123 e. The predicted molar refractivity (Wildman–Crippen MR) is 86.6 cm³/mol. The van der Waals surface area contributed by atoms with Crippen LogP contribution in [0.5, 0.6) is 0 Å². The summed E-state index contributed by atoms with van der Waals surface area (Å²) in [5.41, 5.74) is 15.7. The number of fused-ring (bicyclic) bond motifs is 1. The highest BCUT2D eigenvalue weighted by atomic mass is 19.1. The molecular weight excluding hydrogens is 263 g/mol. The van der Waals surface area contributed by atoms with Crippen molar-refractivity contribution in [2.45, 2.75) is 12.8 Å². The Kier molecular flexibility index (Phi) is 3.48. The van der Waals surface area contributed by atoms with Gasteiger partial charge in [-0.25, -0.2) is 4.39 Å². The van der Waals surface area contributed by atoms with E-state index in [0.29, 0.717) is 0 Å². The van der Waals surface area contributed by atoms with Crippen molar-refractivity contribution in [3.63, 3.8) is 0 Å². The van der Waals surface area contributed by atoms with Crippen molar-refractivity contribution in [3.8, 4) is 0 Å². The molecule has 0 aliphatic heterocycles. The van der Waals surface area contributed by atoms with Crippen LogP contribution < -0.4 is 11.5 Å². The molecule has 2 nitrogen and oxygen atoms in total. The molecule has 0 atom stereocenters. The molecule has 3 rings (SSSR count). The van der Waals surface area contributed by atoms with Crippen LogP contribution in [0.4, 0.5) is 15.8 Å². The van der Waals surface area contributed by atoms with Gasteiger partial charge in [0.1, 0.15) is 5.82 Å². The lowest BCUT2D eigenvalue weighted by Gasteiger charge is -2.11. The first-order valence-electron chi connectivity index (χ1n) is 6.94. The standard InChI is InChI=1S/C18H17FN2/c19-14-6-1-12(2-7-14)3-9-16-17-11-15(20)8-4-13(17)5-10-18(16)21/h1-2,4-8,10-11H,3,9,20-21H2. The summed E-state index contributed by atoms with van der Waals surface area (Å²) in [5.74, 6) is -0.212. The second-order valence-electron chi connectivity index (χ2n) is 5.24. The van der Waals surface area contributed by atoms with Crippen molar-refractivity contribution in [1.82, 2.24) is 0 Å². The van der Waals surface area contributed by atoms with Gasteiger partial charge < -0.3 is 11.5 Å². The molecule has 4 N–H and O–H groups in total. The predicted octanol–water partition coefficient (Wildman–Crippen LogP) is 3.93. The monoisotopic (exact) mass is 280 g/mol. The molecule has 21 heavy (non-hydrogen) atoms. The van der Waals surface area contributed by atoms with E-state index in [9.17, 15) is 4.39 Å². The van der Waals surface area contributed by atoms with Gasteiger partial charge in [0.05, 0.1) is 0 Å². The van der Waals surface area contributed by atoms with Gasteiger partial charge in [0.2, 0.25) is 0 Å². The molecule has 0 fully saturated rings. The highest BCUT2D eigenvalue weighted by molar-refractivity contribution is 5.91. The van der Waals surface area contributed by atoms with Gasteiger partial charge in [-0.05, 0) is 65.1 Å². The first-order chi connectivity index (χ1) is 10.1. The molecule has 0 amide bonds. The maximum atomic E-state index is 12.9. The molecule has 0 saturated heterocycles. The Hall–Kier alpha value is -2.55. The number of nitrogens with two attached hydrogens (primary N) is 2. The second kappa shape index (κ2) is 5.44. The summed E-state index contributed by atoms with van der Waals surface area (Å²) in [5, 5.41) is 2.23. The molecule has 0 spiro atoms. The third-order valence-corrected chi connectivity index (χ3v) is 3.77. The van der Waals surface area contributed by atoms with Crippen molar-refractivity contribution >= 4 is 22.1 Å². The molecule has 0 unspecified atom stereocenters. The molecule has 3 aromatic carbocycles. The van der Waals surface area contributed by atoms with E-state index in [2.05, 4.69) is 0 Å². The minimum Gasteiger partial charge on any atom is -0.399 e. The normalized spacial score (nSPS) is 10.9. The van der Waals surface area contributed by atoms with Crippen molar-refractivity contribution in [3.05, 3.63) is 71.5 Å². The van der Waals surface area contributed by atoms with Crippen LogP contribution in [0.15, 0.2) is 54.6 Å². The summed E-state index contributed by atoms with van der Waals surface area (Å²) in [6.45, 7) is 0. The number of aryl methyl sites for hydroxylation is 2. The second-order valence-corrected chi connectivity index (χ2v) is 5.24. The van der Waals surface area contributed by atoms with Gasteiger partial charge >= 0.3 is 0 Å². The van der Waals surface area contributed by atoms with Crippen molar-refractivity contribution in [2.75, 3.05) is 11.5 Å². The number of anilines is 2. The van der Waals surface area contributed by atoms with Gasteiger partial charge in [-0.15, -0.1) is 0 Å². The molecule has 0 radical (unpaired) electrons. The van der Waals surface area contributed by atoms with Gasteiger partial charge in [-0.1, -0.05) is 24.3 Å². The average molecular weight is 280 g/mol. The van der Waals surface area contributed by atoms with Crippen LogP contribution in [0.25, 0.3) is 10.8 Å². The Labute approximate surface area is 123 Å². The zero-order valence-corrected chi connectivity index (χ0v) is 11.6. The third kappa shape index (κ3) is 2.82. The fourth-order valence-electron chi connectivity index (χ4n) is 2.62. The summed E-state index contributed by atoms with van der Waals surface area (Å²) < 4.78 is 12.9. The van der Waals surface area contributed by atoms with Crippen LogP contribution in [0, 0.1) is 5.82 Å². The van der Waals surface area contributed by atoms with E-state index in [0.717, 1.165) is 46.1 Å². The molecule has 0 aliphatic carbocycles. The molecule has 0 bridgehead atoms. The molecule has 0 saturated carbocycles. The van der Waals surface area contributed by atoms with Crippen LogP contribution in [-0.4, -0.2) is 0 Å². The van der Waals surface area contributed by atoms with Gasteiger partial charge in [0.15, 0.2) is 0 Å². The van der Waals surface area contributed by atoms with E-state index >= 15 is 0 Å². The minimum atomic E-state index is -0.212. The summed E-state index contributed by atoms with van der Waals surface area (Å²) in [7, 11) is 0. The van der Waals surface area contributed by atoms with E-state index in [4.69, 9.17) is 11.5 Å². The summed E-state index contributed by atoms with van der Waals surface area (Å²) in [4.78, 5) is 0. The van der Waals surface area contributed by atoms with Crippen LogP contribution >= 0.6 is 0 Å². The van der Waals surface area contributed by atoms with Gasteiger partial charge in [-0.2, -0.15) is 0 Å². The Bertz CT molecular complexity index is 774. The van der Waals surface area contributed by atoms with Crippen molar-refractivity contribution in [1.29, 1.82) is 0 Å². The lowest BCUT2D eigenvalue weighted by atomic mass is 9.96. The Morgan fingerprint density at radius 1 is 0.810 bits per heavy atom. The Morgan fingerprint density at radius 3 is 2.29 bits per heavy atom. The van der Waals surface area contributed by atoms with Crippen LogP contribution in [0.3, 0.4) is 0 Å². The van der Waals surface area contributed by atoms with E-state index in [1.807, 2.05) is 42.5 Å². The van der Waals surface area contributed by atoms with Crippen molar-refractivity contribution in [2.24, 2.45) is 0 Å². The van der Waals surface area contributed by atoms with Crippen LogP contribution in [0.2, 0.25) is 0 Å². The van der Waals surface area contributed by atoms with Gasteiger partial charge in [0, 0.05) is 11.4 Å². The zero-order chi connectivity index (χ0) is 14.8. The highest BCUT2D eigenvalue weighted by Gasteiger charge is 2.07. The van der Waals surface area contributed by atoms with Gasteiger partial charge in [-0.3, -0.25) is 0 Å².